The highest BCUT2D eigenvalue weighted by atomic mass is 16.5. The number of benzene rings is 2. The van der Waals surface area contributed by atoms with Gasteiger partial charge in [0.15, 0.2) is 11.5 Å². The van der Waals surface area contributed by atoms with Crippen molar-refractivity contribution < 1.29 is 33.7 Å². The van der Waals surface area contributed by atoms with Gasteiger partial charge >= 0.3 is 11.9 Å². The van der Waals surface area contributed by atoms with Crippen molar-refractivity contribution in [2.45, 2.75) is 57.8 Å². The lowest BCUT2D eigenvalue weighted by Crippen LogP contribution is -2.56. The molecule has 0 fully saturated rings. The van der Waals surface area contributed by atoms with Gasteiger partial charge in [-0.1, -0.05) is 30.3 Å². The Morgan fingerprint density at radius 2 is 1.72 bits per heavy atom. The SMILES string of the molecule is CCOC(=O)C(CCc1ccccc1)NC(C)C(=O)N1Cc2cc(OC)c(OC)cc2C[C@H]1C(=O)O. The van der Waals surface area contributed by atoms with Gasteiger partial charge in [-0.3, -0.25) is 14.9 Å². The summed E-state index contributed by atoms with van der Waals surface area (Å²) >= 11 is 0. The summed E-state index contributed by atoms with van der Waals surface area (Å²) in [5.74, 6) is -0.930. The highest BCUT2D eigenvalue weighted by Crippen LogP contribution is 2.35. The number of esters is 1. The van der Waals surface area contributed by atoms with E-state index in [0.29, 0.717) is 24.3 Å². The maximum absolute atomic E-state index is 13.5. The number of hydrogen-bond acceptors (Lipinski definition) is 7. The van der Waals surface area contributed by atoms with E-state index in [1.54, 1.807) is 26.0 Å². The molecule has 2 unspecified atom stereocenters. The van der Waals surface area contributed by atoms with Crippen LogP contribution < -0.4 is 14.8 Å². The fourth-order valence-corrected chi connectivity index (χ4v) is 4.45. The Morgan fingerprint density at radius 1 is 1.08 bits per heavy atom. The van der Waals surface area contributed by atoms with Crippen LogP contribution in [0.1, 0.15) is 37.0 Å². The van der Waals surface area contributed by atoms with E-state index < -0.39 is 36.0 Å². The van der Waals surface area contributed by atoms with E-state index in [2.05, 4.69) is 5.32 Å². The first-order chi connectivity index (χ1) is 17.3. The number of hydrogen-bond donors (Lipinski definition) is 2. The molecule has 36 heavy (non-hydrogen) atoms. The molecule has 1 aliphatic heterocycles. The van der Waals surface area contributed by atoms with Crippen LogP contribution in [0.25, 0.3) is 0 Å². The van der Waals surface area contributed by atoms with Crippen molar-refractivity contribution in [2.24, 2.45) is 0 Å². The monoisotopic (exact) mass is 498 g/mol. The molecule has 0 aromatic heterocycles. The Hall–Kier alpha value is -3.59. The third kappa shape index (κ3) is 6.34. The fourth-order valence-electron chi connectivity index (χ4n) is 4.45. The highest BCUT2D eigenvalue weighted by Gasteiger charge is 2.38. The second-order valence-corrected chi connectivity index (χ2v) is 8.72. The number of ether oxygens (including phenoxy) is 3. The first kappa shape index (κ1) is 27.0. The van der Waals surface area contributed by atoms with Crippen LogP contribution in [0.4, 0.5) is 0 Å². The van der Waals surface area contributed by atoms with E-state index in [9.17, 15) is 19.5 Å². The van der Waals surface area contributed by atoms with Crippen molar-refractivity contribution in [3.8, 4) is 11.5 Å². The van der Waals surface area contributed by atoms with Crippen LogP contribution in [-0.4, -0.2) is 66.8 Å². The number of rotatable bonds is 11. The summed E-state index contributed by atoms with van der Waals surface area (Å²) < 4.78 is 15.9. The van der Waals surface area contributed by atoms with Crippen LogP contribution in [0.3, 0.4) is 0 Å². The molecule has 1 heterocycles. The topological polar surface area (TPSA) is 114 Å². The number of fused-ring (bicyclic) bond motifs is 1. The molecule has 3 atom stereocenters. The van der Waals surface area contributed by atoms with E-state index in [1.165, 1.54) is 19.1 Å². The van der Waals surface area contributed by atoms with Gasteiger partial charge in [0.05, 0.1) is 26.9 Å². The first-order valence-corrected chi connectivity index (χ1v) is 12.0. The summed E-state index contributed by atoms with van der Waals surface area (Å²) in [5.41, 5.74) is 2.64. The standard InChI is InChI=1S/C27H34N2O7/c1-5-36-27(33)21(12-11-18-9-7-6-8-10-18)28-17(2)25(30)29-16-20-15-24(35-4)23(34-3)14-19(20)13-22(29)26(31)32/h6-10,14-15,17,21-22,28H,5,11-13,16H2,1-4H3,(H,31,32)/t17?,21?,22-/m0/s1. The number of methoxy groups -OCH3 is 2. The molecular weight excluding hydrogens is 464 g/mol. The second kappa shape index (κ2) is 12.4. The number of carboxylic acid groups (broad SMARTS) is 1. The zero-order chi connectivity index (χ0) is 26.2. The zero-order valence-corrected chi connectivity index (χ0v) is 21.2. The predicted molar refractivity (Wildman–Crippen MR) is 133 cm³/mol. The minimum absolute atomic E-state index is 0.103. The fraction of sp³-hybridized carbons (Fsp3) is 0.444. The van der Waals surface area contributed by atoms with E-state index >= 15 is 0 Å². The van der Waals surface area contributed by atoms with Gasteiger partial charge in [-0.15, -0.1) is 0 Å². The van der Waals surface area contributed by atoms with Gasteiger partial charge in [0.2, 0.25) is 5.91 Å². The molecule has 0 bridgehead atoms. The lowest BCUT2D eigenvalue weighted by molar-refractivity contribution is -0.153. The Bertz CT molecular complexity index is 1070. The molecule has 1 amide bonds. The van der Waals surface area contributed by atoms with E-state index in [1.807, 2.05) is 30.3 Å². The Labute approximate surface area is 211 Å². The number of carbonyl (C=O) groups is 3. The number of nitrogens with one attached hydrogen (secondary N) is 1. The molecule has 9 heteroatoms. The predicted octanol–water partition coefficient (Wildman–Crippen LogP) is 2.58. The molecular formula is C27H34N2O7. The molecule has 2 aromatic carbocycles. The second-order valence-electron chi connectivity index (χ2n) is 8.72. The van der Waals surface area contributed by atoms with Crippen LogP contribution in [0.5, 0.6) is 11.5 Å². The lowest BCUT2D eigenvalue weighted by Gasteiger charge is -2.37. The normalized spacial score (nSPS) is 16.4. The third-order valence-corrected chi connectivity index (χ3v) is 6.36. The van der Waals surface area contributed by atoms with Gasteiger partial charge in [-0.2, -0.15) is 0 Å². The molecule has 0 spiro atoms. The largest absolute Gasteiger partial charge is 0.493 e. The molecule has 1 aliphatic rings. The number of amides is 1. The molecule has 194 valence electrons. The summed E-state index contributed by atoms with van der Waals surface area (Å²) in [5, 5.41) is 13.0. The lowest BCUT2D eigenvalue weighted by atomic mass is 9.92. The summed E-state index contributed by atoms with van der Waals surface area (Å²) in [4.78, 5) is 39.6. The van der Waals surface area contributed by atoms with Crippen LogP contribution in [-0.2, 0) is 38.5 Å². The van der Waals surface area contributed by atoms with Crippen LogP contribution in [0.2, 0.25) is 0 Å². The van der Waals surface area contributed by atoms with Crippen LogP contribution in [0, 0.1) is 0 Å². The number of nitrogens with zero attached hydrogens (tertiary/aromatic N) is 1. The summed E-state index contributed by atoms with van der Waals surface area (Å²) in [6.07, 6.45) is 1.19. The minimum atomic E-state index is -1.10. The van der Waals surface area contributed by atoms with Crippen molar-refractivity contribution in [3.05, 3.63) is 59.2 Å². The third-order valence-electron chi connectivity index (χ3n) is 6.36. The van der Waals surface area contributed by atoms with Crippen molar-refractivity contribution in [1.29, 1.82) is 0 Å². The van der Waals surface area contributed by atoms with Crippen molar-refractivity contribution in [2.75, 3.05) is 20.8 Å². The molecule has 2 aromatic rings. The van der Waals surface area contributed by atoms with Gasteiger partial charge < -0.3 is 24.2 Å². The summed E-state index contributed by atoms with van der Waals surface area (Å²) in [6.45, 7) is 3.69. The van der Waals surface area contributed by atoms with Crippen LogP contribution in [0.15, 0.2) is 42.5 Å². The first-order valence-electron chi connectivity index (χ1n) is 12.0. The van der Waals surface area contributed by atoms with Gasteiger partial charge in [0.25, 0.3) is 0 Å². The Balaban J connectivity index is 1.79. The van der Waals surface area contributed by atoms with E-state index in [0.717, 1.165) is 16.7 Å². The summed E-state index contributed by atoms with van der Waals surface area (Å²) in [6, 6.07) is 10.7. The van der Waals surface area contributed by atoms with Gasteiger partial charge in [-0.25, -0.2) is 4.79 Å². The van der Waals surface area contributed by atoms with Crippen LogP contribution >= 0.6 is 0 Å². The smallest absolute Gasteiger partial charge is 0.326 e. The van der Waals surface area contributed by atoms with E-state index in [-0.39, 0.29) is 19.6 Å². The van der Waals surface area contributed by atoms with Gasteiger partial charge in [-0.05, 0) is 55.5 Å². The number of carbonyl (C=O) groups excluding carboxylic acids is 2. The number of carboxylic acids is 1. The maximum atomic E-state index is 13.5. The zero-order valence-electron chi connectivity index (χ0n) is 21.2. The van der Waals surface area contributed by atoms with Crippen molar-refractivity contribution in [1.82, 2.24) is 10.2 Å². The average molecular weight is 499 g/mol. The van der Waals surface area contributed by atoms with Gasteiger partial charge in [0, 0.05) is 13.0 Å². The van der Waals surface area contributed by atoms with Crippen molar-refractivity contribution in [3.63, 3.8) is 0 Å². The molecule has 0 saturated heterocycles. The minimum Gasteiger partial charge on any atom is -0.493 e. The highest BCUT2D eigenvalue weighted by molar-refractivity contribution is 5.88. The molecule has 0 saturated carbocycles. The summed E-state index contributed by atoms with van der Waals surface area (Å²) in [7, 11) is 3.04. The quantitative estimate of drug-likeness (QED) is 0.455. The molecule has 3 rings (SSSR count). The molecule has 0 aliphatic carbocycles. The number of aliphatic carboxylic acids is 1. The van der Waals surface area contributed by atoms with Gasteiger partial charge in [0.1, 0.15) is 12.1 Å². The van der Waals surface area contributed by atoms with E-state index in [4.69, 9.17) is 14.2 Å². The maximum Gasteiger partial charge on any atom is 0.326 e. The number of aryl methyl sites for hydroxylation is 1. The Morgan fingerprint density at radius 3 is 2.31 bits per heavy atom. The average Bonchev–Trinajstić information content (AvgIpc) is 2.89. The van der Waals surface area contributed by atoms with Crippen molar-refractivity contribution >= 4 is 17.8 Å². The molecule has 0 radical (unpaired) electrons. The molecule has 2 N–H and O–H groups in total. The Kier molecular flexibility index (Phi) is 9.30. The molecule has 9 nitrogen and oxygen atoms in total.